The van der Waals surface area contributed by atoms with E-state index in [4.69, 9.17) is 10.3 Å². The van der Waals surface area contributed by atoms with Crippen LogP contribution in [0.5, 0.6) is 0 Å². The summed E-state index contributed by atoms with van der Waals surface area (Å²) in [5.74, 6) is 1.24. The summed E-state index contributed by atoms with van der Waals surface area (Å²) in [6, 6.07) is 1.96. The number of aryl methyl sites for hydroxylation is 2. The van der Waals surface area contributed by atoms with Crippen molar-refractivity contribution in [2.45, 2.75) is 26.2 Å². The molecule has 17 heavy (non-hydrogen) atoms. The minimum absolute atomic E-state index is 0.103. The van der Waals surface area contributed by atoms with E-state index in [1.807, 2.05) is 20.0 Å². The molecule has 0 amide bonds. The Labute approximate surface area is 99.8 Å². The van der Waals surface area contributed by atoms with Crippen molar-refractivity contribution in [2.75, 3.05) is 6.54 Å². The topological polar surface area (TPSA) is 82.8 Å². The normalized spacial score (nSPS) is 12.9. The van der Waals surface area contributed by atoms with Crippen LogP contribution in [0, 0.1) is 0 Å². The Balaban J connectivity index is 2.33. The van der Waals surface area contributed by atoms with Gasteiger partial charge in [-0.05, 0) is 12.5 Å². The van der Waals surface area contributed by atoms with Crippen molar-refractivity contribution in [3.05, 3.63) is 17.6 Å². The number of nitrogens with two attached hydrogens (primary N) is 1. The predicted molar refractivity (Wildman–Crippen MR) is 63.3 cm³/mol. The maximum atomic E-state index is 5.57. The van der Waals surface area contributed by atoms with Crippen molar-refractivity contribution >= 4 is 0 Å². The zero-order valence-corrected chi connectivity index (χ0v) is 10.3. The first-order valence-electron chi connectivity index (χ1n) is 5.72. The molecule has 6 heteroatoms. The van der Waals surface area contributed by atoms with Crippen molar-refractivity contribution in [2.24, 2.45) is 12.8 Å². The third-order valence-corrected chi connectivity index (χ3v) is 2.75. The van der Waals surface area contributed by atoms with Crippen LogP contribution >= 0.6 is 0 Å². The van der Waals surface area contributed by atoms with E-state index in [1.165, 1.54) is 0 Å². The van der Waals surface area contributed by atoms with Gasteiger partial charge in [0.15, 0.2) is 5.82 Å². The summed E-state index contributed by atoms with van der Waals surface area (Å²) in [5, 5.41) is 8.28. The number of aromatic nitrogens is 4. The minimum atomic E-state index is 0.103. The number of rotatable bonds is 4. The average molecular weight is 235 g/mol. The van der Waals surface area contributed by atoms with E-state index < -0.39 is 0 Å². The predicted octanol–water partition coefficient (Wildman–Crippen LogP) is 1.09. The fraction of sp³-hybridized carbons (Fsp3) is 0.545. The Morgan fingerprint density at radius 1 is 1.53 bits per heavy atom. The van der Waals surface area contributed by atoms with E-state index in [9.17, 15) is 0 Å². The molecule has 0 aliphatic heterocycles. The van der Waals surface area contributed by atoms with E-state index in [1.54, 1.807) is 4.68 Å². The summed E-state index contributed by atoms with van der Waals surface area (Å²) in [5.41, 5.74) is 7.41. The molecule has 0 aliphatic rings. The fourth-order valence-electron chi connectivity index (χ4n) is 1.54. The lowest BCUT2D eigenvalue weighted by atomic mass is 10.2. The van der Waals surface area contributed by atoms with E-state index in [2.05, 4.69) is 22.2 Å². The molecule has 1 atom stereocenters. The van der Waals surface area contributed by atoms with Gasteiger partial charge in [0.1, 0.15) is 5.69 Å². The second kappa shape index (κ2) is 4.67. The van der Waals surface area contributed by atoms with Crippen LogP contribution in [0.1, 0.15) is 31.3 Å². The molecule has 1 unspecified atom stereocenters. The first kappa shape index (κ1) is 11.8. The molecule has 92 valence electrons. The number of nitrogens with zero attached hydrogens (tertiary/aromatic N) is 4. The Bertz CT molecular complexity index is 502. The van der Waals surface area contributed by atoms with E-state index in [-0.39, 0.29) is 5.92 Å². The molecular weight excluding hydrogens is 218 g/mol. The van der Waals surface area contributed by atoms with Crippen molar-refractivity contribution in [1.82, 2.24) is 19.9 Å². The van der Waals surface area contributed by atoms with Gasteiger partial charge in [0.25, 0.3) is 5.89 Å². The summed E-state index contributed by atoms with van der Waals surface area (Å²) in [6.45, 7) is 4.53. The first-order chi connectivity index (χ1) is 8.15. The molecule has 0 fully saturated rings. The van der Waals surface area contributed by atoms with Crippen LogP contribution in [-0.2, 0) is 13.5 Å². The highest BCUT2D eigenvalue weighted by Crippen LogP contribution is 2.20. The summed E-state index contributed by atoms with van der Waals surface area (Å²) < 4.78 is 6.99. The largest absolute Gasteiger partial charge is 0.332 e. The Hall–Kier alpha value is -1.69. The molecule has 0 bridgehead atoms. The van der Waals surface area contributed by atoms with Crippen LogP contribution in [-0.4, -0.2) is 26.5 Å². The highest BCUT2D eigenvalue weighted by Gasteiger charge is 2.16. The van der Waals surface area contributed by atoms with E-state index in [0.29, 0.717) is 18.3 Å². The smallest absolute Gasteiger partial charge is 0.276 e. The molecule has 2 aromatic heterocycles. The van der Waals surface area contributed by atoms with E-state index in [0.717, 1.165) is 17.8 Å². The third-order valence-electron chi connectivity index (χ3n) is 2.75. The lowest BCUT2D eigenvalue weighted by Gasteiger charge is -1.98. The van der Waals surface area contributed by atoms with Crippen molar-refractivity contribution < 1.29 is 4.52 Å². The van der Waals surface area contributed by atoms with Crippen LogP contribution in [0.4, 0.5) is 0 Å². The van der Waals surface area contributed by atoms with Gasteiger partial charge in [-0.15, -0.1) is 0 Å². The molecule has 0 spiro atoms. The van der Waals surface area contributed by atoms with Crippen molar-refractivity contribution in [3.8, 4) is 11.6 Å². The second-order valence-corrected chi connectivity index (χ2v) is 4.09. The Morgan fingerprint density at radius 2 is 2.29 bits per heavy atom. The van der Waals surface area contributed by atoms with E-state index >= 15 is 0 Å². The standard InChI is InChI=1S/C11H17N5O/c1-4-8-5-9(16(3)14-8)11-13-10(15-17-11)7(2)6-12/h5,7H,4,6,12H2,1-3H3. The maximum Gasteiger partial charge on any atom is 0.276 e. The van der Waals surface area contributed by atoms with Gasteiger partial charge in [-0.1, -0.05) is 19.0 Å². The Morgan fingerprint density at radius 3 is 2.88 bits per heavy atom. The molecule has 2 N–H and O–H groups in total. The second-order valence-electron chi connectivity index (χ2n) is 4.09. The lowest BCUT2D eigenvalue weighted by molar-refractivity contribution is 0.415. The van der Waals surface area contributed by atoms with Crippen LogP contribution in [0.2, 0.25) is 0 Å². The quantitative estimate of drug-likeness (QED) is 0.857. The van der Waals surface area contributed by atoms with Crippen molar-refractivity contribution in [3.63, 3.8) is 0 Å². The molecule has 0 saturated carbocycles. The molecule has 0 aromatic carbocycles. The molecule has 2 aromatic rings. The summed E-state index contributed by atoms with van der Waals surface area (Å²) in [4.78, 5) is 4.34. The van der Waals surface area contributed by atoms with Crippen molar-refractivity contribution in [1.29, 1.82) is 0 Å². The number of hydrogen-bond acceptors (Lipinski definition) is 5. The lowest BCUT2D eigenvalue weighted by Crippen LogP contribution is -2.10. The zero-order chi connectivity index (χ0) is 12.4. The van der Waals surface area contributed by atoms with Crippen LogP contribution in [0.15, 0.2) is 10.6 Å². The minimum Gasteiger partial charge on any atom is -0.332 e. The van der Waals surface area contributed by atoms with Crippen LogP contribution in [0.3, 0.4) is 0 Å². The SMILES string of the molecule is CCc1cc(-c2nc(C(C)CN)no2)n(C)n1. The summed E-state index contributed by atoms with van der Waals surface area (Å²) in [6.07, 6.45) is 0.883. The van der Waals surface area contributed by atoms with Gasteiger partial charge in [0.05, 0.1) is 5.69 Å². The Kier molecular flexibility index (Phi) is 3.23. The first-order valence-corrected chi connectivity index (χ1v) is 5.72. The zero-order valence-electron chi connectivity index (χ0n) is 10.3. The van der Waals surface area contributed by atoms with Crippen LogP contribution < -0.4 is 5.73 Å². The highest BCUT2D eigenvalue weighted by molar-refractivity contribution is 5.47. The fourth-order valence-corrected chi connectivity index (χ4v) is 1.54. The molecule has 6 nitrogen and oxygen atoms in total. The van der Waals surface area contributed by atoms with Gasteiger partial charge < -0.3 is 10.3 Å². The number of hydrogen-bond donors (Lipinski definition) is 1. The van der Waals surface area contributed by atoms with Gasteiger partial charge in [0.2, 0.25) is 0 Å². The molecule has 0 radical (unpaired) electrons. The summed E-state index contributed by atoms with van der Waals surface area (Å²) >= 11 is 0. The van der Waals surface area contributed by atoms with Gasteiger partial charge in [0, 0.05) is 19.5 Å². The van der Waals surface area contributed by atoms with Gasteiger partial charge >= 0.3 is 0 Å². The maximum absolute atomic E-state index is 5.57. The van der Waals surface area contributed by atoms with Gasteiger partial charge in [-0.25, -0.2) is 0 Å². The molecule has 2 heterocycles. The summed E-state index contributed by atoms with van der Waals surface area (Å²) in [7, 11) is 1.87. The molecule has 0 saturated heterocycles. The molecule has 2 rings (SSSR count). The monoisotopic (exact) mass is 235 g/mol. The average Bonchev–Trinajstić information content (AvgIpc) is 2.94. The van der Waals surface area contributed by atoms with Gasteiger partial charge in [-0.3, -0.25) is 4.68 Å². The third kappa shape index (κ3) is 2.21. The van der Waals surface area contributed by atoms with Gasteiger partial charge in [-0.2, -0.15) is 10.1 Å². The molecular formula is C11H17N5O. The highest BCUT2D eigenvalue weighted by atomic mass is 16.5. The molecule has 0 aliphatic carbocycles. The van der Waals surface area contributed by atoms with Crippen LogP contribution in [0.25, 0.3) is 11.6 Å².